The van der Waals surface area contributed by atoms with Crippen LogP contribution in [0.4, 0.5) is 5.69 Å². The lowest BCUT2D eigenvalue weighted by molar-refractivity contribution is -0.117. The molecule has 9 heteroatoms. The molecule has 2 aliphatic rings. The van der Waals surface area contributed by atoms with Gasteiger partial charge >= 0.3 is 0 Å². The number of aliphatic imine (C=N–C) groups is 1. The van der Waals surface area contributed by atoms with E-state index < -0.39 is 9.84 Å². The molecular weight excluding hydrogens is 379 g/mol. The van der Waals surface area contributed by atoms with Gasteiger partial charge in [-0.05, 0) is 18.2 Å². The third-order valence-electron chi connectivity index (χ3n) is 3.76. The molecule has 23 heavy (non-hydrogen) atoms. The molecule has 0 saturated carbocycles. The van der Waals surface area contributed by atoms with Crippen LogP contribution in [0.2, 0.25) is 10.0 Å². The minimum absolute atomic E-state index is 0.0307. The Morgan fingerprint density at radius 2 is 2.13 bits per heavy atom. The molecular formula is C14H14Cl2N2O3S2. The molecule has 0 spiro atoms. The van der Waals surface area contributed by atoms with Crippen LogP contribution in [0, 0.1) is 0 Å². The third-order valence-corrected chi connectivity index (χ3v) is 7.51. The van der Waals surface area contributed by atoms with Crippen LogP contribution in [0.25, 0.3) is 0 Å². The number of hydrogen-bond acceptors (Lipinski definition) is 4. The summed E-state index contributed by atoms with van der Waals surface area (Å²) in [5.41, 5.74) is 0.621. The van der Waals surface area contributed by atoms with Crippen molar-refractivity contribution in [2.75, 3.05) is 16.4 Å². The van der Waals surface area contributed by atoms with Crippen LogP contribution in [0.15, 0.2) is 23.2 Å². The number of rotatable bonds is 2. The fraction of sp³-hybridized carbons (Fsp3) is 0.429. The lowest BCUT2D eigenvalue weighted by atomic mass is 10.2. The van der Waals surface area contributed by atoms with Gasteiger partial charge in [-0.2, -0.15) is 4.99 Å². The molecule has 1 amide bonds. The van der Waals surface area contributed by atoms with Crippen molar-refractivity contribution < 1.29 is 13.2 Å². The second kappa shape index (κ2) is 6.27. The van der Waals surface area contributed by atoms with Gasteiger partial charge in [0.2, 0.25) is 5.91 Å². The number of amidine groups is 1. The molecule has 1 aromatic rings. The Bertz CT molecular complexity index is 795. The monoisotopic (exact) mass is 392 g/mol. The SMILES string of the molecule is CCC(=O)N=C1S[C@@H]2CS(=O)(=O)C[C@@H]2N1c1ccc(Cl)cc1Cl. The van der Waals surface area contributed by atoms with E-state index in [9.17, 15) is 13.2 Å². The number of benzene rings is 1. The number of halogens is 2. The van der Waals surface area contributed by atoms with Gasteiger partial charge in [0, 0.05) is 16.7 Å². The second-order valence-electron chi connectivity index (χ2n) is 5.41. The standard InChI is InChI=1S/C14H14Cl2N2O3S2/c1-2-13(19)17-14-18(10-4-3-8(15)5-9(10)16)11-6-23(20,21)7-12(11)22-14/h3-5,11-12H,2,6-7H2,1H3/t11-,12+/m0/s1. The summed E-state index contributed by atoms with van der Waals surface area (Å²) in [7, 11) is -3.10. The van der Waals surface area contributed by atoms with Gasteiger partial charge in [-0.15, -0.1) is 0 Å². The average Bonchev–Trinajstić information content (AvgIpc) is 2.91. The largest absolute Gasteiger partial charge is 0.314 e. The van der Waals surface area contributed by atoms with E-state index in [2.05, 4.69) is 4.99 Å². The first-order valence-electron chi connectivity index (χ1n) is 7.03. The summed E-state index contributed by atoms with van der Waals surface area (Å²) in [5.74, 6) is -0.128. The molecule has 2 heterocycles. The number of thioether (sulfide) groups is 1. The van der Waals surface area contributed by atoms with Crippen LogP contribution in [0.5, 0.6) is 0 Å². The maximum atomic E-state index is 11.9. The van der Waals surface area contributed by atoms with Crippen LogP contribution < -0.4 is 4.90 Å². The smallest absolute Gasteiger partial charge is 0.247 e. The zero-order chi connectivity index (χ0) is 16.8. The molecule has 1 aromatic carbocycles. The van der Waals surface area contributed by atoms with Crippen molar-refractivity contribution in [1.82, 2.24) is 0 Å². The second-order valence-corrected chi connectivity index (χ2v) is 9.61. The van der Waals surface area contributed by atoms with Gasteiger partial charge in [0.1, 0.15) is 0 Å². The molecule has 5 nitrogen and oxygen atoms in total. The summed E-state index contributed by atoms with van der Waals surface area (Å²) in [4.78, 5) is 17.6. The topological polar surface area (TPSA) is 66.8 Å². The van der Waals surface area contributed by atoms with Crippen molar-refractivity contribution in [3.63, 3.8) is 0 Å². The predicted molar refractivity (Wildman–Crippen MR) is 95.5 cm³/mol. The molecule has 0 aliphatic carbocycles. The van der Waals surface area contributed by atoms with Crippen molar-refractivity contribution in [2.45, 2.75) is 24.6 Å². The van der Waals surface area contributed by atoms with Crippen molar-refractivity contribution in [3.8, 4) is 0 Å². The molecule has 2 aliphatic heterocycles. The highest BCUT2D eigenvalue weighted by molar-refractivity contribution is 8.16. The van der Waals surface area contributed by atoms with E-state index in [0.717, 1.165) is 0 Å². The van der Waals surface area contributed by atoms with E-state index in [4.69, 9.17) is 23.2 Å². The lowest BCUT2D eigenvalue weighted by Gasteiger charge is -2.25. The highest BCUT2D eigenvalue weighted by Gasteiger charge is 2.49. The number of fused-ring (bicyclic) bond motifs is 1. The van der Waals surface area contributed by atoms with Gasteiger partial charge in [0.05, 0.1) is 28.3 Å². The number of amides is 1. The van der Waals surface area contributed by atoms with Gasteiger partial charge in [0.15, 0.2) is 15.0 Å². The van der Waals surface area contributed by atoms with Gasteiger partial charge in [0.25, 0.3) is 0 Å². The van der Waals surface area contributed by atoms with Gasteiger partial charge in [-0.1, -0.05) is 41.9 Å². The maximum absolute atomic E-state index is 11.9. The van der Waals surface area contributed by atoms with Crippen molar-refractivity contribution in [3.05, 3.63) is 28.2 Å². The number of sulfone groups is 1. The van der Waals surface area contributed by atoms with E-state index in [-0.39, 0.29) is 28.7 Å². The fourth-order valence-corrected chi connectivity index (χ4v) is 7.13. The molecule has 3 rings (SSSR count). The number of anilines is 1. The number of nitrogens with zero attached hydrogens (tertiary/aromatic N) is 2. The molecule has 2 saturated heterocycles. The van der Waals surface area contributed by atoms with E-state index >= 15 is 0 Å². The zero-order valence-electron chi connectivity index (χ0n) is 12.2. The Balaban J connectivity index is 2.06. The summed E-state index contributed by atoms with van der Waals surface area (Å²) in [5, 5.41) is 1.25. The summed E-state index contributed by atoms with van der Waals surface area (Å²) in [6, 6.07) is 4.74. The molecule has 0 N–H and O–H groups in total. The minimum Gasteiger partial charge on any atom is -0.314 e. The molecule has 124 valence electrons. The van der Waals surface area contributed by atoms with Gasteiger partial charge in [-0.3, -0.25) is 4.79 Å². The Morgan fingerprint density at radius 3 is 2.78 bits per heavy atom. The van der Waals surface area contributed by atoms with E-state index in [1.165, 1.54) is 11.8 Å². The first kappa shape index (κ1) is 17.1. The van der Waals surface area contributed by atoms with Crippen molar-refractivity contribution in [2.24, 2.45) is 4.99 Å². The minimum atomic E-state index is -3.10. The summed E-state index contributed by atoms with van der Waals surface area (Å²) < 4.78 is 23.9. The Morgan fingerprint density at radius 1 is 1.39 bits per heavy atom. The molecule has 2 fully saturated rings. The molecule has 0 aromatic heterocycles. The fourth-order valence-electron chi connectivity index (χ4n) is 2.71. The highest BCUT2D eigenvalue weighted by atomic mass is 35.5. The van der Waals surface area contributed by atoms with Crippen LogP contribution in [0.3, 0.4) is 0 Å². The molecule has 0 radical (unpaired) electrons. The van der Waals surface area contributed by atoms with Gasteiger partial charge in [-0.25, -0.2) is 8.42 Å². The van der Waals surface area contributed by atoms with E-state index in [0.29, 0.717) is 27.3 Å². The lowest BCUT2D eigenvalue weighted by Crippen LogP contribution is -2.37. The van der Waals surface area contributed by atoms with Gasteiger partial charge < -0.3 is 4.90 Å². The van der Waals surface area contributed by atoms with Crippen LogP contribution in [-0.4, -0.2) is 42.3 Å². The van der Waals surface area contributed by atoms with E-state index in [1.807, 2.05) is 0 Å². The Labute approximate surface area is 149 Å². The maximum Gasteiger partial charge on any atom is 0.247 e. The number of carbonyl (C=O) groups excluding carboxylic acids is 1. The van der Waals surface area contributed by atoms with Crippen LogP contribution >= 0.6 is 35.0 Å². The summed E-state index contributed by atoms with van der Waals surface area (Å²) >= 11 is 13.5. The Kier molecular flexibility index (Phi) is 4.66. The van der Waals surface area contributed by atoms with Crippen LogP contribution in [-0.2, 0) is 14.6 Å². The molecule has 2 atom stereocenters. The normalized spacial score (nSPS) is 27.4. The van der Waals surface area contributed by atoms with E-state index in [1.54, 1.807) is 30.0 Å². The summed E-state index contributed by atoms with van der Waals surface area (Å²) in [6.45, 7) is 1.73. The quantitative estimate of drug-likeness (QED) is 0.773. The molecule has 0 unspecified atom stereocenters. The Hall–Kier alpha value is -0.760. The van der Waals surface area contributed by atoms with Crippen molar-refractivity contribution in [1.29, 1.82) is 0 Å². The summed E-state index contributed by atoms with van der Waals surface area (Å²) in [6.07, 6.45) is 0.292. The number of hydrogen-bond donors (Lipinski definition) is 0. The molecule has 0 bridgehead atoms. The third kappa shape index (κ3) is 3.38. The van der Waals surface area contributed by atoms with Crippen LogP contribution in [0.1, 0.15) is 13.3 Å². The highest BCUT2D eigenvalue weighted by Crippen LogP contribution is 2.43. The first-order valence-corrected chi connectivity index (χ1v) is 10.5. The average molecular weight is 393 g/mol. The number of carbonyl (C=O) groups is 1. The van der Waals surface area contributed by atoms with Crippen molar-refractivity contribution >= 4 is 61.6 Å². The predicted octanol–water partition coefficient (Wildman–Crippen LogP) is 3.00. The zero-order valence-corrected chi connectivity index (χ0v) is 15.3. The first-order chi connectivity index (χ1) is 10.8.